The Hall–Kier alpha value is -0.530. The molecule has 0 aliphatic carbocycles. The first-order valence-corrected chi connectivity index (χ1v) is 4.03. The van der Waals surface area contributed by atoms with Crippen LogP contribution in [0.2, 0.25) is 0 Å². The van der Waals surface area contributed by atoms with Crippen LogP contribution in [0.25, 0.3) is 0 Å². The number of hydrogen-bond acceptors (Lipinski definition) is 1. The summed E-state index contributed by atoms with van der Waals surface area (Å²) < 4.78 is 1.67. The lowest BCUT2D eigenvalue weighted by molar-refractivity contribution is 0.551. The molecular formula is C9H12ClN. The van der Waals surface area contributed by atoms with Gasteiger partial charge in [-0.15, -0.1) is 0 Å². The molecule has 11 heavy (non-hydrogen) atoms. The number of halogens is 1. The van der Waals surface area contributed by atoms with E-state index >= 15 is 0 Å². The second-order valence-electron chi connectivity index (χ2n) is 2.56. The first kappa shape index (κ1) is 8.57. The highest BCUT2D eigenvalue weighted by Crippen LogP contribution is 2.00. The highest BCUT2D eigenvalue weighted by Gasteiger charge is 1.93. The Morgan fingerprint density at radius 1 is 1.27 bits per heavy atom. The van der Waals surface area contributed by atoms with Gasteiger partial charge in [0.2, 0.25) is 0 Å². The van der Waals surface area contributed by atoms with Gasteiger partial charge < -0.3 is 0 Å². The lowest BCUT2D eigenvalue weighted by atomic mass is 10.2. The zero-order chi connectivity index (χ0) is 8.10. The van der Waals surface area contributed by atoms with Gasteiger partial charge in [-0.2, -0.15) is 0 Å². The van der Waals surface area contributed by atoms with Crippen LogP contribution in [0.15, 0.2) is 30.3 Å². The van der Waals surface area contributed by atoms with Crippen molar-refractivity contribution in [1.29, 1.82) is 0 Å². The summed E-state index contributed by atoms with van der Waals surface area (Å²) in [7, 11) is 1.87. The van der Waals surface area contributed by atoms with Crippen molar-refractivity contribution in [3.8, 4) is 0 Å². The number of hydrogen-bond donors (Lipinski definition) is 0. The molecule has 0 N–H and O–H groups in total. The summed E-state index contributed by atoms with van der Waals surface area (Å²) in [4.78, 5) is 0. The van der Waals surface area contributed by atoms with Gasteiger partial charge in [0.1, 0.15) is 0 Å². The smallest absolute Gasteiger partial charge is 0.0176 e. The lowest BCUT2D eigenvalue weighted by Crippen LogP contribution is -2.08. The van der Waals surface area contributed by atoms with Gasteiger partial charge in [0.25, 0.3) is 0 Å². The summed E-state index contributed by atoms with van der Waals surface area (Å²) in [5.41, 5.74) is 1.33. The fraction of sp³-hybridized carbons (Fsp3) is 0.333. The van der Waals surface area contributed by atoms with E-state index in [1.807, 2.05) is 25.2 Å². The Bertz CT molecular complexity index is 196. The van der Waals surface area contributed by atoms with E-state index in [1.165, 1.54) is 5.56 Å². The molecule has 0 aliphatic rings. The van der Waals surface area contributed by atoms with Crippen molar-refractivity contribution in [3.63, 3.8) is 0 Å². The van der Waals surface area contributed by atoms with Gasteiger partial charge in [-0.25, -0.2) is 4.42 Å². The largest absolute Gasteiger partial charge is 0.223 e. The van der Waals surface area contributed by atoms with E-state index in [9.17, 15) is 0 Å². The van der Waals surface area contributed by atoms with Crippen molar-refractivity contribution < 1.29 is 0 Å². The maximum Gasteiger partial charge on any atom is 0.0176 e. The second kappa shape index (κ2) is 4.37. The molecule has 60 valence electrons. The SMILES string of the molecule is CN(Cl)CCc1ccccc1. The molecular weight excluding hydrogens is 158 g/mol. The Balaban J connectivity index is 2.39. The molecule has 1 nitrogen and oxygen atoms in total. The molecule has 0 bridgehead atoms. The van der Waals surface area contributed by atoms with Crippen LogP contribution < -0.4 is 0 Å². The molecule has 0 unspecified atom stereocenters. The van der Waals surface area contributed by atoms with Crippen LogP contribution >= 0.6 is 11.8 Å². The molecule has 0 saturated carbocycles. The fourth-order valence-corrected chi connectivity index (χ4v) is 1.01. The molecule has 0 spiro atoms. The second-order valence-corrected chi connectivity index (χ2v) is 3.14. The highest BCUT2D eigenvalue weighted by molar-refractivity contribution is 6.13. The lowest BCUT2D eigenvalue weighted by Gasteiger charge is -2.05. The first-order valence-electron chi connectivity index (χ1n) is 3.70. The maximum atomic E-state index is 5.66. The third-order valence-corrected chi connectivity index (χ3v) is 1.72. The quantitative estimate of drug-likeness (QED) is 0.628. The van der Waals surface area contributed by atoms with Gasteiger partial charge in [-0.3, -0.25) is 0 Å². The highest BCUT2D eigenvalue weighted by atomic mass is 35.5. The molecule has 0 atom stereocenters. The average molecular weight is 170 g/mol. The average Bonchev–Trinajstić information content (AvgIpc) is 2.03. The van der Waals surface area contributed by atoms with E-state index in [0.29, 0.717) is 0 Å². The van der Waals surface area contributed by atoms with Gasteiger partial charge in [0.15, 0.2) is 0 Å². The van der Waals surface area contributed by atoms with Crippen LogP contribution in [0, 0.1) is 0 Å². The zero-order valence-electron chi connectivity index (χ0n) is 6.63. The molecule has 1 aromatic carbocycles. The van der Waals surface area contributed by atoms with Gasteiger partial charge in [-0.1, -0.05) is 30.3 Å². The summed E-state index contributed by atoms with van der Waals surface area (Å²) in [6, 6.07) is 10.3. The van der Waals surface area contributed by atoms with E-state index in [-0.39, 0.29) is 0 Å². The molecule has 0 amide bonds. The van der Waals surface area contributed by atoms with Crippen LogP contribution in [0.3, 0.4) is 0 Å². The van der Waals surface area contributed by atoms with Crippen molar-refractivity contribution in [2.75, 3.05) is 13.6 Å². The van der Waals surface area contributed by atoms with Crippen LogP contribution in [0.5, 0.6) is 0 Å². The molecule has 0 fully saturated rings. The standard InChI is InChI=1S/C9H12ClN/c1-11(10)8-7-9-5-3-2-4-6-9/h2-6H,7-8H2,1H3. The van der Waals surface area contributed by atoms with Crippen molar-refractivity contribution in [2.24, 2.45) is 0 Å². The van der Waals surface area contributed by atoms with E-state index < -0.39 is 0 Å². The van der Waals surface area contributed by atoms with E-state index in [4.69, 9.17) is 11.8 Å². The minimum Gasteiger partial charge on any atom is -0.223 e. The van der Waals surface area contributed by atoms with Crippen molar-refractivity contribution in [2.45, 2.75) is 6.42 Å². The number of rotatable bonds is 3. The number of benzene rings is 1. The fourth-order valence-electron chi connectivity index (χ4n) is 0.928. The van der Waals surface area contributed by atoms with Gasteiger partial charge in [0.05, 0.1) is 0 Å². The van der Waals surface area contributed by atoms with Crippen molar-refractivity contribution >= 4 is 11.8 Å². The summed E-state index contributed by atoms with van der Waals surface area (Å²) >= 11 is 5.66. The predicted molar refractivity (Wildman–Crippen MR) is 48.6 cm³/mol. The van der Waals surface area contributed by atoms with Crippen molar-refractivity contribution in [3.05, 3.63) is 35.9 Å². The first-order chi connectivity index (χ1) is 5.29. The van der Waals surface area contributed by atoms with Gasteiger partial charge in [-0.05, 0) is 23.8 Å². The summed E-state index contributed by atoms with van der Waals surface area (Å²) in [5, 5.41) is 0. The zero-order valence-corrected chi connectivity index (χ0v) is 7.38. The molecule has 0 aromatic heterocycles. The maximum absolute atomic E-state index is 5.66. The minimum atomic E-state index is 0.894. The monoisotopic (exact) mass is 169 g/mol. The van der Waals surface area contributed by atoms with Gasteiger partial charge >= 0.3 is 0 Å². The normalized spacial score (nSPS) is 10.5. The number of likely N-dealkylation sites (N-methyl/N-ethyl adjacent to an activating group) is 1. The molecule has 0 heterocycles. The van der Waals surface area contributed by atoms with E-state index in [1.54, 1.807) is 4.42 Å². The molecule has 0 radical (unpaired) electrons. The topological polar surface area (TPSA) is 3.24 Å². The van der Waals surface area contributed by atoms with Crippen LogP contribution in [0.4, 0.5) is 0 Å². The number of nitrogens with zero attached hydrogens (tertiary/aromatic N) is 1. The minimum absolute atomic E-state index is 0.894. The third-order valence-electron chi connectivity index (χ3n) is 1.55. The van der Waals surface area contributed by atoms with Crippen LogP contribution in [-0.2, 0) is 6.42 Å². The Morgan fingerprint density at radius 2 is 1.91 bits per heavy atom. The third kappa shape index (κ3) is 3.40. The molecule has 1 rings (SSSR count). The molecule has 0 saturated heterocycles. The Labute approximate surface area is 72.7 Å². The summed E-state index contributed by atoms with van der Waals surface area (Å²) in [5.74, 6) is 0. The molecule has 0 aliphatic heterocycles. The van der Waals surface area contributed by atoms with Crippen molar-refractivity contribution in [1.82, 2.24) is 4.42 Å². The van der Waals surface area contributed by atoms with Gasteiger partial charge in [0, 0.05) is 13.6 Å². The Morgan fingerprint density at radius 3 is 2.45 bits per heavy atom. The summed E-state index contributed by atoms with van der Waals surface area (Å²) in [6.07, 6.45) is 1.01. The van der Waals surface area contributed by atoms with Crippen LogP contribution in [0.1, 0.15) is 5.56 Å². The van der Waals surface area contributed by atoms with E-state index in [0.717, 1.165) is 13.0 Å². The predicted octanol–water partition coefficient (Wildman–Crippen LogP) is 2.31. The Kier molecular flexibility index (Phi) is 3.40. The molecule has 2 heteroatoms. The molecule has 1 aromatic rings. The van der Waals surface area contributed by atoms with Crippen LogP contribution in [-0.4, -0.2) is 18.0 Å². The summed E-state index contributed by atoms with van der Waals surface area (Å²) in [6.45, 7) is 0.894. The van der Waals surface area contributed by atoms with E-state index in [2.05, 4.69) is 12.1 Å².